The normalized spacial score (nSPS) is 12.7. The van der Waals surface area contributed by atoms with Crippen LogP contribution in [0.2, 0.25) is 0 Å². The van der Waals surface area contributed by atoms with Crippen molar-refractivity contribution in [3.63, 3.8) is 0 Å². The Labute approximate surface area is 200 Å². The van der Waals surface area contributed by atoms with Gasteiger partial charge in [0, 0.05) is 10.4 Å². The summed E-state index contributed by atoms with van der Waals surface area (Å²) in [5, 5.41) is 4.89. The number of aryl methyl sites for hydroxylation is 2. The lowest BCUT2D eigenvalue weighted by molar-refractivity contribution is 0.416. The van der Waals surface area contributed by atoms with Gasteiger partial charge in [0.05, 0.1) is 14.2 Å². The van der Waals surface area contributed by atoms with E-state index in [9.17, 15) is 0 Å². The summed E-state index contributed by atoms with van der Waals surface area (Å²) in [4.78, 5) is 0. The quantitative estimate of drug-likeness (QED) is 0.371. The fraction of sp³-hybridized carbons (Fsp3) is 0.143. The number of methoxy groups -OCH3 is 2. The summed E-state index contributed by atoms with van der Waals surface area (Å²) in [6, 6.07) is 33.7. The van der Waals surface area contributed by atoms with Crippen molar-refractivity contribution in [2.24, 2.45) is 0 Å². The van der Waals surface area contributed by atoms with Gasteiger partial charge in [-0.2, -0.15) is 0 Å². The molecule has 0 fully saturated rings. The molecule has 0 N–H and O–H groups in total. The fourth-order valence-corrected chi connectivity index (χ4v) is 11.6. The van der Waals surface area contributed by atoms with Crippen molar-refractivity contribution >= 4 is 38.8 Å². The first-order chi connectivity index (χ1) is 16.1. The third kappa shape index (κ3) is 4.95. The molecule has 0 aromatic heterocycles. The molecule has 0 bridgehead atoms. The minimum atomic E-state index is -2.12. The van der Waals surface area contributed by atoms with E-state index >= 15 is 0 Å². The predicted octanol–water partition coefficient (Wildman–Crippen LogP) is 2.71. The van der Waals surface area contributed by atoms with Crippen LogP contribution in [0.15, 0.2) is 97.1 Å². The van der Waals surface area contributed by atoms with E-state index in [1.54, 1.807) is 14.2 Å². The first-order valence-electron chi connectivity index (χ1n) is 11.2. The summed E-state index contributed by atoms with van der Waals surface area (Å²) in [5.74, 6) is 1.79. The van der Waals surface area contributed by atoms with E-state index in [0.29, 0.717) is 0 Å². The lowest BCUT2D eigenvalue weighted by atomic mass is 10.2. The van der Waals surface area contributed by atoms with E-state index in [2.05, 4.69) is 86.6 Å². The molecule has 168 valence electrons. The predicted molar refractivity (Wildman–Crippen MR) is 142 cm³/mol. The van der Waals surface area contributed by atoms with E-state index in [1.807, 2.05) is 24.3 Å². The highest BCUT2D eigenvalue weighted by Crippen LogP contribution is 2.16. The SMILES string of the molecule is COc1cccc(C)c1[SiH](O[SiH](c1ccccc1)c1c(C)cccc1OC)c1ccccc1. The summed E-state index contributed by atoms with van der Waals surface area (Å²) in [5.41, 5.74) is 2.40. The van der Waals surface area contributed by atoms with E-state index in [4.69, 9.17) is 13.6 Å². The Morgan fingerprint density at radius 3 is 1.24 bits per heavy atom. The van der Waals surface area contributed by atoms with Crippen molar-refractivity contribution in [1.82, 2.24) is 0 Å². The summed E-state index contributed by atoms with van der Waals surface area (Å²) >= 11 is 0. The molecule has 0 amide bonds. The Morgan fingerprint density at radius 1 is 0.485 bits per heavy atom. The van der Waals surface area contributed by atoms with Crippen LogP contribution in [0.5, 0.6) is 11.5 Å². The van der Waals surface area contributed by atoms with Crippen LogP contribution in [0, 0.1) is 13.8 Å². The third-order valence-electron chi connectivity index (χ3n) is 6.01. The van der Waals surface area contributed by atoms with Crippen molar-refractivity contribution in [3.05, 3.63) is 108 Å². The zero-order valence-electron chi connectivity index (χ0n) is 19.6. The second kappa shape index (κ2) is 10.7. The molecule has 3 nitrogen and oxygen atoms in total. The average Bonchev–Trinajstić information content (AvgIpc) is 2.86. The largest absolute Gasteiger partial charge is 0.497 e. The number of hydrogen-bond acceptors (Lipinski definition) is 3. The summed E-state index contributed by atoms with van der Waals surface area (Å²) < 4.78 is 19.0. The van der Waals surface area contributed by atoms with Gasteiger partial charge in [0.15, 0.2) is 0 Å². The average molecular weight is 471 g/mol. The molecule has 5 heteroatoms. The lowest BCUT2D eigenvalue weighted by Crippen LogP contribution is -2.57. The standard InChI is InChI=1S/C28H30O3Si2/c1-21-13-11-19-25(29-3)27(21)32(23-15-7-5-8-16-23)31-33(24-17-9-6-10-18-24)28-22(2)14-12-20-26(28)30-4/h5-20,32-33H,1-4H3. The van der Waals surface area contributed by atoms with Gasteiger partial charge in [-0.3, -0.25) is 0 Å². The van der Waals surface area contributed by atoms with Crippen molar-refractivity contribution in [3.8, 4) is 11.5 Å². The number of hydrogen-bond donors (Lipinski definition) is 0. The molecular weight excluding hydrogens is 440 g/mol. The van der Waals surface area contributed by atoms with E-state index in [1.165, 1.54) is 31.9 Å². The second-order valence-corrected chi connectivity index (χ2v) is 13.2. The van der Waals surface area contributed by atoms with Crippen LogP contribution in [0.1, 0.15) is 11.1 Å². The van der Waals surface area contributed by atoms with Crippen LogP contribution < -0.4 is 30.2 Å². The minimum Gasteiger partial charge on any atom is -0.497 e. The molecule has 33 heavy (non-hydrogen) atoms. The van der Waals surface area contributed by atoms with Gasteiger partial charge in [-0.1, -0.05) is 84.9 Å². The number of rotatable bonds is 8. The van der Waals surface area contributed by atoms with Gasteiger partial charge in [-0.25, -0.2) is 0 Å². The summed E-state index contributed by atoms with van der Waals surface area (Å²) in [6.45, 7) is 4.30. The molecule has 0 heterocycles. The lowest BCUT2D eigenvalue weighted by Gasteiger charge is -2.28. The van der Waals surface area contributed by atoms with Gasteiger partial charge in [-0.05, 0) is 47.5 Å². The fourth-order valence-electron chi connectivity index (χ4n) is 4.35. The molecule has 2 atom stereocenters. The molecule has 0 saturated carbocycles. The molecule has 0 saturated heterocycles. The molecule has 4 aromatic rings. The minimum absolute atomic E-state index is 0.896. The van der Waals surface area contributed by atoms with Crippen LogP contribution in [-0.4, -0.2) is 32.3 Å². The van der Waals surface area contributed by atoms with Crippen LogP contribution >= 0.6 is 0 Å². The van der Waals surface area contributed by atoms with Gasteiger partial charge < -0.3 is 13.6 Å². The molecule has 4 aromatic carbocycles. The van der Waals surface area contributed by atoms with E-state index in [0.717, 1.165) is 11.5 Å². The van der Waals surface area contributed by atoms with Crippen molar-refractivity contribution in [2.75, 3.05) is 14.2 Å². The van der Waals surface area contributed by atoms with Crippen molar-refractivity contribution < 1.29 is 13.6 Å². The van der Waals surface area contributed by atoms with E-state index < -0.39 is 18.1 Å². The van der Waals surface area contributed by atoms with Gasteiger partial charge >= 0.3 is 0 Å². The topological polar surface area (TPSA) is 27.7 Å². The highest BCUT2D eigenvalue weighted by atomic mass is 28.4. The first-order valence-corrected chi connectivity index (χ1v) is 14.4. The maximum absolute atomic E-state index is 7.36. The van der Waals surface area contributed by atoms with Crippen LogP contribution in [-0.2, 0) is 4.12 Å². The maximum Gasteiger partial charge on any atom is 0.232 e. The van der Waals surface area contributed by atoms with E-state index in [-0.39, 0.29) is 0 Å². The highest BCUT2D eigenvalue weighted by molar-refractivity contribution is 6.92. The van der Waals surface area contributed by atoms with Crippen LogP contribution in [0.3, 0.4) is 0 Å². The Bertz CT molecular complexity index is 1100. The van der Waals surface area contributed by atoms with Crippen LogP contribution in [0.25, 0.3) is 0 Å². The third-order valence-corrected chi connectivity index (χ3v) is 12.7. The molecule has 4 rings (SSSR count). The van der Waals surface area contributed by atoms with Crippen molar-refractivity contribution in [1.29, 1.82) is 0 Å². The highest BCUT2D eigenvalue weighted by Gasteiger charge is 2.31. The zero-order valence-corrected chi connectivity index (χ0v) is 21.9. The monoisotopic (exact) mass is 470 g/mol. The number of benzene rings is 4. The molecule has 0 spiro atoms. The summed E-state index contributed by atoms with van der Waals surface area (Å²) in [7, 11) is -0.748. The molecule has 0 aliphatic heterocycles. The summed E-state index contributed by atoms with van der Waals surface area (Å²) in [6.07, 6.45) is 0. The first kappa shape index (κ1) is 23.0. The second-order valence-electron chi connectivity index (χ2n) is 8.10. The van der Waals surface area contributed by atoms with Crippen molar-refractivity contribution in [2.45, 2.75) is 13.8 Å². The van der Waals surface area contributed by atoms with Gasteiger partial charge in [0.1, 0.15) is 11.5 Å². The molecule has 0 aliphatic carbocycles. The Morgan fingerprint density at radius 2 is 0.879 bits per heavy atom. The Hall–Kier alpha value is -3.13. The Balaban J connectivity index is 1.92. The smallest absolute Gasteiger partial charge is 0.232 e. The molecule has 2 unspecified atom stereocenters. The van der Waals surface area contributed by atoms with Gasteiger partial charge in [0.2, 0.25) is 18.1 Å². The molecule has 0 aliphatic rings. The van der Waals surface area contributed by atoms with Crippen LogP contribution in [0.4, 0.5) is 0 Å². The molecular formula is C28H30O3Si2. The van der Waals surface area contributed by atoms with Gasteiger partial charge in [0.25, 0.3) is 0 Å². The van der Waals surface area contributed by atoms with Gasteiger partial charge in [-0.15, -0.1) is 0 Å². The molecule has 0 radical (unpaired) electrons. The number of ether oxygens (including phenoxy) is 2. The zero-order chi connectivity index (χ0) is 23.2. The Kier molecular flexibility index (Phi) is 7.44. The maximum atomic E-state index is 7.36.